The highest BCUT2D eigenvalue weighted by atomic mass is 16.5. The van der Waals surface area contributed by atoms with Crippen molar-refractivity contribution in [3.8, 4) is 22.9 Å². The van der Waals surface area contributed by atoms with E-state index in [1.165, 1.54) is 24.1 Å². The Kier molecular flexibility index (Phi) is 4.79. The second-order valence-corrected chi connectivity index (χ2v) is 6.78. The second kappa shape index (κ2) is 7.39. The van der Waals surface area contributed by atoms with Gasteiger partial charge in [-0.05, 0) is 50.3 Å². The maximum atomic E-state index is 5.58. The van der Waals surface area contributed by atoms with Crippen LogP contribution in [-0.4, -0.2) is 33.7 Å². The lowest BCUT2D eigenvalue weighted by molar-refractivity contribution is 0.356. The Morgan fingerprint density at radius 2 is 1.93 bits per heavy atom. The Morgan fingerprint density at radius 3 is 2.74 bits per heavy atom. The smallest absolute Gasteiger partial charge is 0.171 e. The third-order valence-corrected chi connectivity index (χ3v) is 5.11. The van der Waals surface area contributed by atoms with Crippen LogP contribution in [0, 0.1) is 6.92 Å². The van der Waals surface area contributed by atoms with Gasteiger partial charge in [-0.3, -0.25) is 0 Å². The fourth-order valence-corrected chi connectivity index (χ4v) is 3.81. The van der Waals surface area contributed by atoms with Gasteiger partial charge in [-0.15, -0.1) is 0 Å². The molecule has 0 N–H and O–H groups in total. The van der Waals surface area contributed by atoms with Crippen molar-refractivity contribution in [3.05, 3.63) is 53.4 Å². The van der Waals surface area contributed by atoms with Crippen LogP contribution in [0.1, 0.15) is 35.6 Å². The van der Waals surface area contributed by atoms with Crippen molar-refractivity contribution in [1.29, 1.82) is 0 Å². The van der Waals surface area contributed by atoms with Crippen LogP contribution >= 0.6 is 0 Å². The summed E-state index contributed by atoms with van der Waals surface area (Å²) in [6, 6.07) is 5.81. The first-order valence-electron chi connectivity index (χ1n) is 9.29. The van der Waals surface area contributed by atoms with Crippen LogP contribution in [0.5, 0.6) is 11.5 Å². The number of para-hydroxylation sites is 1. The first-order valence-corrected chi connectivity index (χ1v) is 9.29. The van der Waals surface area contributed by atoms with Crippen molar-refractivity contribution in [1.82, 2.24) is 19.5 Å². The fraction of sp³-hybridized carbons (Fsp3) is 0.381. The molecular weight excluding hydrogens is 340 g/mol. The van der Waals surface area contributed by atoms with Gasteiger partial charge in [0.1, 0.15) is 11.6 Å². The van der Waals surface area contributed by atoms with Gasteiger partial charge in [0.25, 0.3) is 0 Å². The third kappa shape index (κ3) is 3.27. The number of rotatable bonds is 5. The van der Waals surface area contributed by atoms with Crippen molar-refractivity contribution in [3.63, 3.8) is 0 Å². The summed E-state index contributed by atoms with van der Waals surface area (Å²) in [6.07, 6.45) is 8.33. The first-order chi connectivity index (χ1) is 13.2. The number of aryl methyl sites for hydroxylation is 2. The minimum Gasteiger partial charge on any atom is -0.493 e. The Labute approximate surface area is 159 Å². The molecule has 0 unspecified atom stereocenters. The fourth-order valence-electron chi connectivity index (χ4n) is 3.81. The van der Waals surface area contributed by atoms with E-state index in [0.717, 1.165) is 35.7 Å². The second-order valence-electron chi connectivity index (χ2n) is 6.78. The van der Waals surface area contributed by atoms with E-state index in [4.69, 9.17) is 19.4 Å². The number of ether oxygens (including phenoxy) is 2. The molecule has 27 heavy (non-hydrogen) atoms. The van der Waals surface area contributed by atoms with Crippen LogP contribution in [0.25, 0.3) is 11.4 Å². The van der Waals surface area contributed by atoms with Crippen molar-refractivity contribution >= 4 is 0 Å². The average Bonchev–Trinajstić information content (AvgIpc) is 3.15. The molecule has 0 saturated heterocycles. The predicted molar refractivity (Wildman–Crippen MR) is 103 cm³/mol. The van der Waals surface area contributed by atoms with Crippen LogP contribution in [0.4, 0.5) is 0 Å². The van der Waals surface area contributed by atoms with E-state index in [-0.39, 0.29) is 0 Å². The highest BCUT2D eigenvalue weighted by Gasteiger charge is 2.18. The zero-order valence-electron chi connectivity index (χ0n) is 16.0. The molecule has 1 aromatic carbocycles. The highest BCUT2D eigenvalue weighted by molar-refractivity contribution is 5.69. The lowest BCUT2D eigenvalue weighted by Crippen LogP contribution is -2.14. The van der Waals surface area contributed by atoms with Crippen molar-refractivity contribution in [2.24, 2.45) is 0 Å². The van der Waals surface area contributed by atoms with E-state index in [2.05, 4.69) is 16.5 Å². The lowest BCUT2D eigenvalue weighted by atomic mass is 9.95. The zero-order valence-corrected chi connectivity index (χ0v) is 16.0. The monoisotopic (exact) mass is 364 g/mol. The molecular formula is C21H24N4O2. The standard InChI is InChI=1S/C21H24N4O2/c1-14-15-7-4-5-9-17(15)24-19(23-14)13-25-12-11-22-21(25)16-8-6-10-18(26-2)20(16)27-3/h6,8,10-12H,4-5,7,9,13H2,1-3H3. The molecule has 0 fully saturated rings. The molecule has 4 rings (SSSR count). The Morgan fingerprint density at radius 1 is 1.07 bits per heavy atom. The van der Waals surface area contributed by atoms with E-state index in [1.807, 2.05) is 24.4 Å². The van der Waals surface area contributed by atoms with E-state index < -0.39 is 0 Å². The molecule has 140 valence electrons. The van der Waals surface area contributed by atoms with Crippen LogP contribution < -0.4 is 9.47 Å². The molecule has 0 amide bonds. The maximum absolute atomic E-state index is 5.58. The lowest BCUT2D eigenvalue weighted by Gasteiger charge is -2.18. The molecule has 3 aromatic rings. The molecule has 0 aliphatic heterocycles. The number of hydrogen-bond donors (Lipinski definition) is 0. The van der Waals surface area contributed by atoms with Crippen LogP contribution in [0.3, 0.4) is 0 Å². The van der Waals surface area contributed by atoms with Gasteiger partial charge < -0.3 is 14.0 Å². The Bertz CT molecular complexity index is 965. The van der Waals surface area contributed by atoms with E-state index in [0.29, 0.717) is 18.0 Å². The Hall–Kier alpha value is -2.89. The minimum atomic E-state index is 0.573. The summed E-state index contributed by atoms with van der Waals surface area (Å²) >= 11 is 0. The van der Waals surface area contributed by atoms with Gasteiger partial charge >= 0.3 is 0 Å². The zero-order chi connectivity index (χ0) is 18.8. The van der Waals surface area contributed by atoms with Gasteiger partial charge in [-0.25, -0.2) is 15.0 Å². The molecule has 0 spiro atoms. The molecule has 1 aliphatic rings. The molecule has 0 saturated carbocycles. The molecule has 0 bridgehead atoms. The number of methoxy groups -OCH3 is 2. The van der Waals surface area contributed by atoms with Gasteiger partial charge in [0.2, 0.25) is 0 Å². The molecule has 2 heterocycles. The summed E-state index contributed by atoms with van der Waals surface area (Å²) in [4.78, 5) is 14.1. The van der Waals surface area contributed by atoms with E-state index in [1.54, 1.807) is 20.4 Å². The van der Waals surface area contributed by atoms with Gasteiger partial charge in [0.15, 0.2) is 11.5 Å². The summed E-state index contributed by atoms with van der Waals surface area (Å²) in [6.45, 7) is 2.67. The number of hydrogen-bond acceptors (Lipinski definition) is 5. The number of imidazole rings is 1. The summed E-state index contributed by atoms with van der Waals surface area (Å²) in [7, 11) is 3.28. The third-order valence-electron chi connectivity index (χ3n) is 5.11. The SMILES string of the molecule is COc1cccc(-c2nccn2Cc2nc(C)c3c(n2)CCCC3)c1OC. The number of aromatic nitrogens is 4. The van der Waals surface area contributed by atoms with Crippen molar-refractivity contribution < 1.29 is 9.47 Å². The first kappa shape index (κ1) is 17.5. The number of nitrogens with zero attached hydrogens (tertiary/aromatic N) is 4. The summed E-state index contributed by atoms with van der Waals surface area (Å²) < 4.78 is 13.1. The molecule has 6 nitrogen and oxygen atoms in total. The van der Waals surface area contributed by atoms with Crippen LogP contribution in [0.2, 0.25) is 0 Å². The Balaban J connectivity index is 1.71. The minimum absolute atomic E-state index is 0.573. The topological polar surface area (TPSA) is 62.1 Å². The van der Waals surface area contributed by atoms with Crippen molar-refractivity contribution in [2.45, 2.75) is 39.2 Å². The quantitative estimate of drug-likeness (QED) is 0.692. The van der Waals surface area contributed by atoms with Crippen molar-refractivity contribution in [2.75, 3.05) is 14.2 Å². The van der Waals surface area contributed by atoms with Gasteiger partial charge in [0, 0.05) is 23.8 Å². The number of fused-ring (bicyclic) bond motifs is 1. The largest absolute Gasteiger partial charge is 0.493 e. The van der Waals surface area contributed by atoms with Gasteiger partial charge in [-0.1, -0.05) is 6.07 Å². The molecule has 0 atom stereocenters. The summed E-state index contributed by atoms with van der Waals surface area (Å²) in [5.41, 5.74) is 4.54. The average molecular weight is 364 g/mol. The van der Waals surface area contributed by atoms with E-state index in [9.17, 15) is 0 Å². The number of benzene rings is 1. The molecule has 1 aliphatic carbocycles. The molecule has 6 heteroatoms. The molecule has 0 radical (unpaired) electrons. The highest BCUT2D eigenvalue weighted by Crippen LogP contribution is 2.37. The normalized spacial score (nSPS) is 13.3. The molecule has 2 aromatic heterocycles. The van der Waals surface area contributed by atoms with Crippen LogP contribution in [-0.2, 0) is 19.4 Å². The predicted octanol–water partition coefficient (Wildman–Crippen LogP) is 3.59. The maximum Gasteiger partial charge on any atom is 0.171 e. The van der Waals surface area contributed by atoms with Gasteiger partial charge in [-0.2, -0.15) is 0 Å². The van der Waals surface area contributed by atoms with Gasteiger partial charge in [0.05, 0.1) is 26.3 Å². The van der Waals surface area contributed by atoms with E-state index >= 15 is 0 Å². The summed E-state index contributed by atoms with van der Waals surface area (Å²) in [5, 5.41) is 0. The summed E-state index contributed by atoms with van der Waals surface area (Å²) in [5.74, 6) is 3.00. The van der Waals surface area contributed by atoms with Crippen LogP contribution in [0.15, 0.2) is 30.6 Å².